The minimum atomic E-state index is -4.60. The number of imide groups is 1. The van der Waals surface area contributed by atoms with Crippen LogP contribution in [-0.4, -0.2) is 81.4 Å². The van der Waals surface area contributed by atoms with Gasteiger partial charge in [-0.1, -0.05) is 31.2 Å². The molecule has 0 N–H and O–H groups in total. The van der Waals surface area contributed by atoms with Crippen molar-refractivity contribution in [1.82, 2.24) is 24.8 Å². The second-order valence-electron chi connectivity index (χ2n) is 14.0. The van der Waals surface area contributed by atoms with E-state index in [1.165, 1.54) is 34.2 Å². The summed E-state index contributed by atoms with van der Waals surface area (Å²) >= 11 is 0. The van der Waals surface area contributed by atoms with Gasteiger partial charge < -0.3 is 9.80 Å². The second-order valence-corrected chi connectivity index (χ2v) is 14.0. The monoisotopic (exact) mass is 636 g/mol. The Morgan fingerprint density at radius 1 is 0.957 bits per heavy atom. The van der Waals surface area contributed by atoms with E-state index in [-0.39, 0.29) is 35.1 Å². The second kappa shape index (κ2) is 11.6. The zero-order valence-electron chi connectivity index (χ0n) is 26.7. The molecule has 0 spiro atoms. The molecule has 1 atom stereocenters. The highest BCUT2D eigenvalue weighted by Crippen LogP contribution is 2.47. The molecule has 3 aromatic rings. The summed E-state index contributed by atoms with van der Waals surface area (Å²) in [5, 5.41) is 8.18. The third kappa shape index (κ3) is 5.94. The van der Waals surface area contributed by atoms with E-state index in [1.54, 1.807) is 19.2 Å². The van der Waals surface area contributed by atoms with Gasteiger partial charge in [0.1, 0.15) is 5.41 Å². The van der Waals surface area contributed by atoms with Crippen LogP contribution in [-0.2, 0) is 13.0 Å². The first-order valence-corrected chi connectivity index (χ1v) is 15.7. The molecule has 0 bridgehead atoms. The average Bonchev–Trinajstić information content (AvgIpc) is 3.70. The van der Waals surface area contributed by atoms with Gasteiger partial charge in [-0.2, -0.15) is 13.2 Å². The minimum absolute atomic E-state index is 0.0568. The van der Waals surface area contributed by atoms with E-state index in [1.807, 2.05) is 19.1 Å². The number of fused-ring (bicyclic) bond motifs is 1. The molecule has 3 amide bonds. The van der Waals surface area contributed by atoms with Crippen LogP contribution >= 0.6 is 0 Å². The molecule has 4 heterocycles. The van der Waals surface area contributed by atoms with Crippen molar-refractivity contribution in [3.63, 3.8) is 0 Å². The Balaban J connectivity index is 1.15. The number of likely N-dealkylation sites (tertiary alicyclic amines) is 2. The van der Waals surface area contributed by atoms with Crippen molar-refractivity contribution in [3.8, 4) is 0 Å². The van der Waals surface area contributed by atoms with E-state index in [9.17, 15) is 27.6 Å². The van der Waals surface area contributed by atoms with Crippen LogP contribution in [0.2, 0.25) is 0 Å². The lowest BCUT2D eigenvalue weighted by Gasteiger charge is -2.37. The maximum Gasteiger partial charge on any atom is 0.398 e. The third-order valence-corrected chi connectivity index (χ3v) is 9.70. The lowest BCUT2D eigenvalue weighted by atomic mass is 9.84. The van der Waals surface area contributed by atoms with E-state index in [4.69, 9.17) is 0 Å². The summed E-state index contributed by atoms with van der Waals surface area (Å²) in [6, 6.07) is 9.58. The summed E-state index contributed by atoms with van der Waals surface area (Å²) in [6.45, 7) is 9.77. The van der Waals surface area contributed by atoms with Crippen LogP contribution in [0.25, 0.3) is 0 Å². The Morgan fingerprint density at radius 2 is 1.72 bits per heavy atom. The number of carbonyl (C=O) groups excluding carboxylic acids is 3. The standard InChI is InChI=1S/C34H39F3N6O3/c1-22-6-7-23(2)28(16-22)43-30(45)26-9-8-24(17-27(26)31(43)46)29(44)41-15-12-33(20-41,34(35,36)37)21-42-18-25(38-39-42)10-14-40-13-5-11-32(3,4)19-40/h6-9,16-18H,5,10-15,19-21H2,1-4H3. The number of hydrogen-bond acceptors (Lipinski definition) is 6. The molecule has 2 saturated heterocycles. The fourth-order valence-corrected chi connectivity index (χ4v) is 7.08. The number of piperidine rings is 1. The van der Waals surface area contributed by atoms with E-state index >= 15 is 0 Å². The number of benzene rings is 2. The van der Waals surface area contributed by atoms with Gasteiger partial charge in [0.25, 0.3) is 17.7 Å². The van der Waals surface area contributed by atoms with Gasteiger partial charge in [-0.25, -0.2) is 4.90 Å². The van der Waals surface area contributed by atoms with Crippen LogP contribution in [0.15, 0.2) is 42.6 Å². The summed E-state index contributed by atoms with van der Waals surface area (Å²) in [6.07, 6.45) is -0.412. The van der Waals surface area contributed by atoms with Crippen molar-refractivity contribution in [2.75, 3.05) is 37.6 Å². The normalized spacial score (nSPS) is 21.7. The minimum Gasteiger partial charge on any atom is -0.338 e. The Labute approximate surface area is 266 Å². The Hall–Kier alpha value is -4.06. The number of rotatable bonds is 7. The highest BCUT2D eigenvalue weighted by Gasteiger charge is 2.59. The number of aromatic nitrogens is 3. The van der Waals surface area contributed by atoms with Crippen molar-refractivity contribution in [1.29, 1.82) is 0 Å². The molecule has 0 saturated carbocycles. The Bertz CT molecular complexity index is 1700. The van der Waals surface area contributed by atoms with E-state index in [2.05, 4.69) is 29.1 Å². The third-order valence-electron chi connectivity index (χ3n) is 9.70. The van der Waals surface area contributed by atoms with Crippen LogP contribution in [0.1, 0.15) is 81.0 Å². The summed E-state index contributed by atoms with van der Waals surface area (Å²) < 4.78 is 45.2. The van der Waals surface area contributed by atoms with Gasteiger partial charge in [-0.3, -0.25) is 19.1 Å². The summed E-state index contributed by atoms with van der Waals surface area (Å²) in [5.74, 6) is -1.69. The zero-order valence-corrected chi connectivity index (χ0v) is 26.7. The maximum atomic E-state index is 14.7. The molecular formula is C34H39F3N6O3. The van der Waals surface area contributed by atoms with E-state index < -0.39 is 42.4 Å². The molecule has 3 aliphatic rings. The number of hydrogen-bond donors (Lipinski definition) is 0. The Morgan fingerprint density at radius 3 is 2.46 bits per heavy atom. The van der Waals surface area contributed by atoms with Crippen molar-refractivity contribution in [3.05, 3.63) is 76.1 Å². The fourth-order valence-electron chi connectivity index (χ4n) is 7.08. The van der Waals surface area contributed by atoms with Crippen molar-refractivity contribution < 1.29 is 27.6 Å². The SMILES string of the molecule is Cc1ccc(C)c(N2C(=O)c3ccc(C(=O)N4CCC(Cn5cc(CCN6CCCC(C)(C)C6)nn5)(C(F)(F)F)C4)cc3C2=O)c1. The molecule has 6 rings (SSSR count). The van der Waals surface area contributed by atoms with Gasteiger partial charge in [-0.05, 0) is 80.5 Å². The van der Waals surface area contributed by atoms with Crippen LogP contribution in [0.3, 0.4) is 0 Å². The molecule has 3 aliphatic heterocycles. The van der Waals surface area contributed by atoms with Gasteiger partial charge >= 0.3 is 6.18 Å². The molecule has 12 heteroatoms. The number of amides is 3. The number of alkyl halides is 3. The van der Waals surface area contributed by atoms with Crippen LogP contribution in [0, 0.1) is 24.7 Å². The largest absolute Gasteiger partial charge is 0.398 e. The van der Waals surface area contributed by atoms with Gasteiger partial charge in [0.05, 0.1) is 29.1 Å². The average molecular weight is 637 g/mol. The molecule has 2 fully saturated rings. The number of anilines is 1. The molecule has 1 unspecified atom stereocenters. The number of halogens is 3. The fraction of sp³-hybridized carbons (Fsp3) is 0.500. The molecule has 0 radical (unpaired) electrons. The predicted octanol–water partition coefficient (Wildman–Crippen LogP) is 5.45. The smallest absolute Gasteiger partial charge is 0.338 e. The molecular weight excluding hydrogens is 597 g/mol. The first-order valence-electron chi connectivity index (χ1n) is 15.7. The first kappa shape index (κ1) is 31.9. The molecule has 9 nitrogen and oxygen atoms in total. The topological polar surface area (TPSA) is 91.6 Å². The molecule has 244 valence electrons. The number of carbonyl (C=O) groups is 3. The highest BCUT2D eigenvalue weighted by molar-refractivity contribution is 6.35. The van der Waals surface area contributed by atoms with Crippen molar-refractivity contribution >= 4 is 23.4 Å². The van der Waals surface area contributed by atoms with Gasteiger partial charge in [0, 0.05) is 44.4 Å². The van der Waals surface area contributed by atoms with Crippen LogP contribution in [0.4, 0.5) is 18.9 Å². The highest BCUT2D eigenvalue weighted by atomic mass is 19.4. The number of nitrogens with zero attached hydrogens (tertiary/aromatic N) is 6. The van der Waals surface area contributed by atoms with Crippen molar-refractivity contribution in [2.24, 2.45) is 10.8 Å². The van der Waals surface area contributed by atoms with E-state index in [0.717, 1.165) is 42.1 Å². The van der Waals surface area contributed by atoms with Crippen LogP contribution < -0.4 is 4.90 Å². The lowest BCUT2D eigenvalue weighted by molar-refractivity contribution is -0.224. The lowest BCUT2D eigenvalue weighted by Crippen LogP contribution is -2.45. The van der Waals surface area contributed by atoms with Crippen LogP contribution in [0.5, 0.6) is 0 Å². The van der Waals surface area contributed by atoms with Gasteiger partial charge in [-0.15, -0.1) is 5.10 Å². The Kier molecular flexibility index (Phi) is 8.07. The summed E-state index contributed by atoms with van der Waals surface area (Å²) in [4.78, 5) is 44.8. The summed E-state index contributed by atoms with van der Waals surface area (Å²) in [5.41, 5.74) is 1.02. The molecule has 0 aliphatic carbocycles. The maximum absolute atomic E-state index is 14.7. The predicted molar refractivity (Wildman–Crippen MR) is 166 cm³/mol. The zero-order chi connectivity index (χ0) is 33.0. The van der Waals surface area contributed by atoms with Gasteiger partial charge in [0.15, 0.2) is 0 Å². The quantitative estimate of drug-likeness (QED) is 0.320. The summed E-state index contributed by atoms with van der Waals surface area (Å²) in [7, 11) is 0. The van der Waals surface area contributed by atoms with Crippen molar-refractivity contribution in [2.45, 2.75) is 66.1 Å². The first-order chi connectivity index (χ1) is 21.7. The van der Waals surface area contributed by atoms with Gasteiger partial charge in [0.2, 0.25) is 0 Å². The molecule has 2 aromatic carbocycles. The molecule has 1 aromatic heterocycles. The number of aryl methyl sites for hydroxylation is 2. The molecule has 46 heavy (non-hydrogen) atoms. The van der Waals surface area contributed by atoms with E-state index in [0.29, 0.717) is 17.8 Å².